The molecule has 1 unspecified atom stereocenters. The predicted molar refractivity (Wildman–Crippen MR) is 91.0 cm³/mol. The average Bonchev–Trinajstić information content (AvgIpc) is 2.85. The van der Waals surface area contributed by atoms with Crippen molar-refractivity contribution < 1.29 is 27.7 Å². The molecule has 0 spiro atoms. The van der Waals surface area contributed by atoms with Crippen LogP contribution in [-0.2, 0) is 23.1 Å². The van der Waals surface area contributed by atoms with Crippen LogP contribution in [0, 0.1) is 10.1 Å². The Hall–Kier alpha value is -3.43. The minimum atomic E-state index is -4.70. The number of amides is 3. The van der Waals surface area contributed by atoms with Crippen LogP contribution in [0.5, 0.6) is 0 Å². The molecule has 1 N–H and O–H groups in total. The number of imide groups is 1. The minimum Gasteiger partial charge on any atom is -0.319 e. The SMILES string of the molecule is CC1(c2ccccc2C(F)(F)F)NC(=O)N(Cc2ccc([N+](=O)[O-])cc2)C1=O. The van der Waals surface area contributed by atoms with Crippen LogP contribution in [0.3, 0.4) is 0 Å². The number of nitro benzene ring substituents is 1. The Morgan fingerprint density at radius 3 is 2.29 bits per heavy atom. The van der Waals surface area contributed by atoms with E-state index in [0.717, 1.165) is 17.0 Å². The first-order chi connectivity index (χ1) is 13.0. The fourth-order valence-corrected chi connectivity index (χ4v) is 3.10. The number of carbonyl (C=O) groups excluding carboxylic acids is 2. The number of urea groups is 1. The van der Waals surface area contributed by atoms with E-state index in [0.29, 0.717) is 5.56 Å². The van der Waals surface area contributed by atoms with Crippen molar-refractivity contribution in [2.24, 2.45) is 0 Å². The fourth-order valence-electron chi connectivity index (χ4n) is 3.10. The molecule has 0 aliphatic carbocycles. The van der Waals surface area contributed by atoms with Gasteiger partial charge in [-0.3, -0.25) is 19.8 Å². The number of hydrogen-bond donors (Lipinski definition) is 1. The van der Waals surface area contributed by atoms with Crippen molar-refractivity contribution in [2.75, 3.05) is 0 Å². The zero-order valence-electron chi connectivity index (χ0n) is 14.5. The zero-order valence-corrected chi connectivity index (χ0v) is 14.5. The van der Waals surface area contributed by atoms with Crippen LogP contribution in [0.2, 0.25) is 0 Å². The highest BCUT2D eigenvalue weighted by molar-refractivity contribution is 6.07. The number of hydrogen-bond acceptors (Lipinski definition) is 4. The lowest BCUT2D eigenvalue weighted by molar-refractivity contribution is -0.384. The maximum absolute atomic E-state index is 13.4. The summed E-state index contributed by atoms with van der Waals surface area (Å²) in [6, 6.07) is 8.88. The van der Waals surface area contributed by atoms with Crippen molar-refractivity contribution in [2.45, 2.75) is 25.2 Å². The molecule has 1 fully saturated rings. The van der Waals surface area contributed by atoms with E-state index >= 15 is 0 Å². The quantitative estimate of drug-likeness (QED) is 0.488. The van der Waals surface area contributed by atoms with Crippen LogP contribution in [0.4, 0.5) is 23.7 Å². The molecule has 0 bridgehead atoms. The van der Waals surface area contributed by atoms with Gasteiger partial charge in [0.25, 0.3) is 11.6 Å². The van der Waals surface area contributed by atoms with Crippen molar-refractivity contribution in [1.82, 2.24) is 10.2 Å². The van der Waals surface area contributed by atoms with E-state index in [1.54, 1.807) is 0 Å². The Bertz CT molecular complexity index is 959. The Morgan fingerprint density at radius 1 is 1.11 bits per heavy atom. The van der Waals surface area contributed by atoms with Crippen LogP contribution in [-0.4, -0.2) is 21.8 Å². The third kappa shape index (κ3) is 3.28. The van der Waals surface area contributed by atoms with Crippen molar-refractivity contribution in [3.05, 3.63) is 75.3 Å². The lowest BCUT2D eigenvalue weighted by Crippen LogP contribution is -2.42. The molecule has 3 rings (SSSR count). The van der Waals surface area contributed by atoms with Crippen molar-refractivity contribution in [1.29, 1.82) is 0 Å². The molecule has 10 heteroatoms. The van der Waals surface area contributed by atoms with Crippen molar-refractivity contribution in [3.63, 3.8) is 0 Å². The first kappa shape index (κ1) is 19.3. The van der Waals surface area contributed by atoms with Gasteiger partial charge in [-0.15, -0.1) is 0 Å². The first-order valence-corrected chi connectivity index (χ1v) is 8.08. The topological polar surface area (TPSA) is 92.6 Å². The molecule has 146 valence electrons. The molecule has 1 aliphatic heterocycles. The largest absolute Gasteiger partial charge is 0.416 e. The second-order valence-electron chi connectivity index (χ2n) is 6.41. The summed E-state index contributed by atoms with van der Waals surface area (Å²) in [6.07, 6.45) is -4.70. The number of carbonyl (C=O) groups is 2. The monoisotopic (exact) mass is 393 g/mol. The van der Waals surface area contributed by atoms with Gasteiger partial charge in [0, 0.05) is 12.1 Å². The number of nitrogens with one attached hydrogen (secondary N) is 1. The number of nitro groups is 1. The Morgan fingerprint density at radius 2 is 1.71 bits per heavy atom. The van der Waals surface area contributed by atoms with Gasteiger partial charge < -0.3 is 5.32 Å². The highest BCUT2D eigenvalue weighted by atomic mass is 19.4. The first-order valence-electron chi connectivity index (χ1n) is 8.08. The number of nitrogens with zero attached hydrogens (tertiary/aromatic N) is 2. The number of benzene rings is 2. The van der Waals surface area contributed by atoms with Gasteiger partial charge in [0.2, 0.25) is 0 Å². The number of non-ortho nitro benzene ring substituents is 1. The standard InChI is InChI=1S/C18H14F3N3O4/c1-17(13-4-2-3-5-14(13)18(19,20)21)15(25)23(16(26)22-17)10-11-6-8-12(9-7-11)24(27)28/h2-9H,10H2,1H3,(H,22,26). The van der Waals surface area contributed by atoms with E-state index in [2.05, 4.69) is 5.32 Å². The molecule has 1 saturated heterocycles. The molecule has 7 nitrogen and oxygen atoms in total. The summed E-state index contributed by atoms with van der Waals surface area (Å²) in [6.45, 7) is 0.986. The molecule has 3 amide bonds. The van der Waals surface area contributed by atoms with Gasteiger partial charge in [0.1, 0.15) is 5.54 Å². The summed E-state index contributed by atoms with van der Waals surface area (Å²) in [7, 11) is 0. The van der Waals surface area contributed by atoms with Gasteiger partial charge in [0.05, 0.1) is 17.0 Å². The second-order valence-corrected chi connectivity index (χ2v) is 6.41. The summed E-state index contributed by atoms with van der Waals surface area (Å²) in [5.74, 6) is -0.840. The van der Waals surface area contributed by atoms with Crippen molar-refractivity contribution >= 4 is 17.6 Å². The van der Waals surface area contributed by atoms with Gasteiger partial charge in [-0.25, -0.2) is 4.79 Å². The van der Waals surface area contributed by atoms with E-state index in [1.165, 1.54) is 43.3 Å². The van der Waals surface area contributed by atoms with Crippen LogP contribution in [0.1, 0.15) is 23.6 Å². The molecule has 2 aromatic carbocycles. The zero-order chi connectivity index (χ0) is 20.7. The summed E-state index contributed by atoms with van der Waals surface area (Å²) in [5, 5.41) is 13.0. The third-order valence-corrected chi connectivity index (χ3v) is 4.53. The fraction of sp³-hybridized carbons (Fsp3) is 0.222. The predicted octanol–water partition coefficient (Wildman–Crippen LogP) is 3.58. The van der Waals surface area contributed by atoms with Crippen LogP contribution >= 0.6 is 0 Å². The maximum Gasteiger partial charge on any atom is 0.416 e. The molecule has 0 saturated carbocycles. The average molecular weight is 393 g/mol. The van der Waals surface area contributed by atoms with E-state index in [1.807, 2.05) is 0 Å². The Balaban J connectivity index is 1.92. The van der Waals surface area contributed by atoms with Crippen LogP contribution in [0.15, 0.2) is 48.5 Å². The van der Waals surface area contributed by atoms with Gasteiger partial charge in [0.15, 0.2) is 0 Å². The summed E-state index contributed by atoms with van der Waals surface area (Å²) < 4.78 is 40.1. The molecule has 1 heterocycles. The summed E-state index contributed by atoms with van der Waals surface area (Å²) >= 11 is 0. The number of alkyl halides is 3. The Kier molecular flexibility index (Phi) is 4.58. The van der Waals surface area contributed by atoms with E-state index < -0.39 is 34.1 Å². The second kappa shape index (κ2) is 6.63. The third-order valence-electron chi connectivity index (χ3n) is 4.53. The van der Waals surface area contributed by atoms with Crippen molar-refractivity contribution in [3.8, 4) is 0 Å². The maximum atomic E-state index is 13.4. The van der Waals surface area contributed by atoms with Gasteiger partial charge in [-0.2, -0.15) is 13.2 Å². The summed E-state index contributed by atoms with van der Waals surface area (Å²) in [5.41, 5.74) is -2.99. The summed E-state index contributed by atoms with van der Waals surface area (Å²) in [4.78, 5) is 36.1. The molecule has 1 aliphatic rings. The molecular weight excluding hydrogens is 379 g/mol. The highest BCUT2D eigenvalue weighted by Crippen LogP contribution is 2.39. The number of rotatable bonds is 4. The van der Waals surface area contributed by atoms with E-state index in [4.69, 9.17) is 0 Å². The highest BCUT2D eigenvalue weighted by Gasteiger charge is 2.52. The number of halogens is 3. The lowest BCUT2D eigenvalue weighted by Gasteiger charge is -2.25. The normalized spacial score (nSPS) is 19.6. The Labute approximate surface area is 156 Å². The molecule has 28 heavy (non-hydrogen) atoms. The molecule has 2 aromatic rings. The van der Waals surface area contributed by atoms with Crippen LogP contribution < -0.4 is 5.32 Å². The lowest BCUT2D eigenvalue weighted by atomic mass is 9.87. The smallest absolute Gasteiger partial charge is 0.319 e. The minimum absolute atomic E-state index is 0.162. The van der Waals surface area contributed by atoms with Gasteiger partial charge in [-0.05, 0) is 24.1 Å². The molecule has 0 radical (unpaired) electrons. The van der Waals surface area contributed by atoms with Crippen LogP contribution in [0.25, 0.3) is 0 Å². The molecular formula is C18H14F3N3O4. The van der Waals surface area contributed by atoms with E-state index in [9.17, 15) is 32.9 Å². The van der Waals surface area contributed by atoms with Gasteiger partial charge in [-0.1, -0.05) is 30.3 Å². The molecule has 0 aromatic heterocycles. The van der Waals surface area contributed by atoms with Gasteiger partial charge >= 0.3 is 12.2 Å². The molecule has 1 atom stereocenters. The van der Waals surface area contributed by atoms with E-state index in [-0.39, 0.29) is 17.8 Å².